The van der Waals surface area contributed by atoms with E-state index in [-0.39, 0.29) is 11.9 Å². The van der Waals surface area contributed by atoms with E-state index < -0.39 is 0 Å². The third-order valence-corrected chi connectivity index (χ3v) is 3.18. The van der Waals surface area contributed by atoms with Crippen molar-refractivity contribution >= 4 is 5.91 Å². The fourth-order valence-corrected chi connectivity index (χ4v) is 2.20. The topological polar surface area (TPSA) is 41.6 Å². The summed E-state index contributed by atoms with van der Waals surface area (Å²) in [5.74, 6) is 1.08. The van der Waals surface area contributed by atoms with Gasteiger partial charge in [-0.1, -0.05) is 12.1 Å². The Labute approximate surface area is 108 Å². The van der Waals surface area contributed by atoms with E-state index in [1.165, 1.54) is 5.56 Å². The Bertz CT molecular complexity index is 420. The number of nitrogens with zero attached hydrogens (tertiary/aromatic N) is 1. The van der Waals surface area contributed by atoms with Crippen molar-refractivity contribution < 1.29 is 9.53 Å². The van der Waals surface area contributed by atoms with Gasteiger partial charge in [-0.2, -0.15) is 0 Å². The number of rotatable bonds is 3. The first kappa shape index (κ1) is 12.9. The van der Waals surface area contributed by atoms with Gasteiger partial charge in [0.25, 0.3) is 0 Å². The summed E-state index contributed by atoms with van der Waals surface area (Å²) >= 11 is 0. The van der Waals surface area contributed by atoms with Crippen molar-refractivity contribution in [1.29, 1.82) is 0 Å². The number of amides is 1. The molecular weight excluding hydrogens is 228 g/mol. The molecule has 0 radical (unpaired) electrons. The zero-order valence-electron chi connectivity index (χ0n) is 11.0. The van der Waals surface area contributed by atoms with Gasteiger partial charge in [0.15, 0.2) is 0 Å². The summed E-state index contributed by atoms with van der Waals surface area (Å²) in [4.78, 5) is 13.4. The fraction of sp³-hybridized carbons (Fsp3) is 0.500. The molecular formula is C14H20N2O2. The predicted octanol–water partition coefficient (Wildman–Crippen LogP) is 1.58. The molecule has 0 saturated carbocycles. The molecule has 0 aliphatic carbocycles. The SMILES string of the molecule is CCOc1cccc(C2CN(C)C(=O)CCN2)c1. The molecule has 1 aromatic carbocycles. The molecule has 1 fully saturated rings. The molecule has 0 bridgehead atoms. The third-order valence-electron chi connectivity index (χ3n) is 3.18. The molecule has 4 nitrogen and oxygen atoms in total. The number of benzene rings is 1. The van der Waals surface area contributed by atoms with Gasteiger partial charge in [-0.3, -0.25) is 4.79 Å². The monoisotopic (exact) mass is 248 g/mol. The van der Waals surface area contributed by atoms with Crippen LogP contribution in [0.15, 0.2) is 24.3 Å². The minimum atomic E-state index is 0.182. The number of carbonyl (C=O) groups is 1. The van der Waals surface area contributed by atoms with Crippen LogP contribution in [0.25, 0.3) is 0 Å². The van der Waals surface area contributed by atoms with Crippen molar-refractivity contribution in [3.8, 4) is 5.75 Å². The molecule has 4 heteroatoms. The molecule has 0 spiro atoms. The predicted molar refractivity (Wildman–Crippen MR) is 70.6 cm³/mol. The smallest absolute Gasteiger partial charge is 0.223 e. The van der Waals surface area contributed by atoms with Crippen LogP contribution in [0.2, 0.25) is 0 Å². The van der Waals surface area contributed by atoms with Gasteiger partial charge in [0, 0.05) is 26.6 Å². The first-order chi connectivity index (χ1) is 8.70. The zero-order chi connectivity index (χ0) is 13.0. The molecule has 1 aromatic rings. The van der Waals surface area contributed by atoms with Gasteiger partial charge < -0.3 is 15.0 Å². The summed E-state index contributed by atoms with van der Waals surface area (Å²) in [6.45, 7) is 4.07. The van der Waals surface area contributed by atoms with E-state index in [1.54, 1.807) is 4.90 Å². The van der Waals surface area contributed by atoms with E-state index >= 15 is 0 Å². The maximum Gasteiger partial charge on any atom is 0.223 e. The van der Waals surface area contributed by atoms with Crippen molar-refractivity contribution in [2.45, 2.75) is 19.4 Å². The van der Waals surface area contributed by atoms with Crippen molar-refractivity contribution in [3.63, 3.8) is 0 Å². The molecule has 98 valence electrons. The molecule has 2 rings (SSSR count). The van der Waals surface area contributed by atoms with Crippen LogP contribution in [0.4, 0.5) is 0 Å². The summed E-state index contributed by atoms with van der Waals surface area (Å²) in [5.41, 5.74) is 1.17. The lowest BCUT2D eigenvalue weighted by atomic mass is 10.1. The lowest BCUT2D eigenvalue weighted by Crippen LogP contribution is -2.30. The van der Waals surface area contributed by atoms with E-state index in [0.29, 0.717) is 19.6 Å². The molecule has 1 atom stereocenters. The number of hydrogen-bond acceptors (Lipinski definition) is 3. The Morgan fingerprint density at radius 1 is 1.50 bits per heavy atom. The fourth-order valence-electron chi connectivity index (χ4n) is 2.20. The lowest BCUT2D eigenvalue weighted by molar-refractivity contribution is -0.129. The Balaban J connectivity index is 2.14. The normalized spacial score (nSPS) is 20.7. The first-order valence-corrected chi connectivity index (χ1v) is 6.41. The van der Waals surface area contributed by atoms with Gasteiger partial charge in [0.05, 0.1) is 12.6 Å². The van der Waals surface area contributed by atoms with Crippen LogP contribution >= 0.6 is 0 Å². The van der Waals surface area contributed by atoms with Crippen LogP contribution in [-0.2, 0) is 4.79 Å². The molecule has 1 amide bonds. The van der Waals surface area contributed by atoms with Crippen molar-refractivity contribution in [1.82, 2.24) is 10.2 Å². The van der Waals surface area contributed by atoms with Gasteiger partial charge in [-0.15, -0.1) is 0 Å². The van der Waals surface area contributed by atoms with Crippen molar-refractivity contribution in [3.05, 3.63) is 29.8 Å². The van der Waals surface area contributed by atoms with Crippen LogP contribution in [-0.4, -0.2) is 37.6 Å². The molecule has 1 aliphatic rings. The number of hydrogen-bond donors (Lipinski definition) is 1. The number of likely N-dealkylation sites (N-methyl/N-ethyl adjacent to an activating group) is 1. The van der Waals surface area contributed by atoms with Crippen LogP contribution in [0.5, 0.6) is 5.75 Å². The second-order valence-electron chi connectivity index (χ2n) is 4.54. The molecule has 1 unspecified atom stereocenters. The lowest BCUT2D eigenvalue weighted by Gasteiger charge is -2.21. The summed E-state index contributed by atoms with van der Waals surface area (Å²) in [5, 5.41) is 3.41. The number of carbonyl (C=O) groups excluding carboxylic acids is 1. The average molecular weight is 248 g/mol. The van der Waals surface area contributed by atoms with Gasteiger partial charge >= 0.3 is 0 Å². The van der Waals surface area contributed by atoms with E-state index in [1.807, 2.05) is 32.2 Å². The molecule has 18 heavy (non-hydrogen) atoms. The van der Waals surface area contributed by atoms with E-state index in [9.17, 15) is 4.79 Å². The average Bonchev–Trinajstić information content (AvgIpc) is 2.53. The van der Waals surface area contributed by atoms with Gasteiger partial charge in [0.2, 0.25) is 5.91 Å². The highest BCUT2D eigenvalue weighted by Gasteiger charge is 2.21. The van der Waals surface area contributed by atoms with Gasteiger partial charge in [-0.05, 0) is 24.6 Å². The number of nitrogens with one attached hydrogen (secondary N) is 1. The van der Waals surface area contributed by atoms with Crippen molar-refractivity contribution in [2.75, 3.05) is 26.7 Å². The Hall–Kier alpha value is -1.55. The summed E-state index contributed by atoms with van der Waals surface area (Å²) in [6, 6.07) is 8.25. The Morgan fingerprint density at radius 2 is 2.33 bits per heavy atom. The third kappa shape index (κ3) is 3.01. The summed E-state index contributed by atoms with van der Waals surface area (Å²) in [7, 11) is 1.86. The maximum absolute atomic E-state index is 11.6. The van der Waals surface area contributed by atoms with Crippen LogP contribution in [0.3, 0.4) is 0 Å². The Kier molecular flexibility index (Phi) is 4.20. The largest absolute Gasteiger partial charge is 0.494 e. The van der Waals surface area contributed by atoms with Crippen LogP contribution in [0, 0.1) is 0 Å². The summed E-state index contributed by atoms with van der Waals surface area (Å²) in [6.07, 6.45) is 0.568. The second-order valence-corrected chi connectivity index (χ2v) is 4.54. The maximum atomic E-state index is 11.6. The second kappa shape index (κ2) is 5.87. The quantitative estimate of drug-likeness (QED) is 0.883. The zero-order valence-corrected chi connectivity index (χ0v) is 11.0. The van der Waals surface area contributed by atoms with E-state index in [2.05, 4.69) is 11.4 Å². The molecule has 1 heterocycles. The Morgan fingerprint density at radius 3 is 3.11 bits per heavy atom. The molecule has 0 aromatic heterocycles. The van der Waals surface area contributed by atoms with Gasteiger partial charge in [-0.25, -0.2) is 0 Å². The molecule has 1 saturated heterocycles. The van der Waals surface area contributed by atoms with Crippen LogP contribution < -0.4 is 10.1 Å². The minimum absolute atomic E-state index is 0.182. The highest BCUT2D eigenvalue weighted by atomic mass is 16.5. The van der Waals surface area contributed by atoms with Gasteiger partial charge in [0.1, 0.15) is 5.75 Å². The van der Waals surface area contributed by atoms with Crippen LogP contribution in [0.1, 0.15) is 24.9 Å². The summed E-state index contributed by atoms with van der Waals surface area (Å²) < 4.78 is 5.51. The highest BCUT2D eigenvalue weighted by Crippen LogP contribution is 2.21. The van der Waals surface area contributed by atoms with E-state index in [0.717, 1.165) is 12.3 Å². The highest BCUT2D eigenvalue weighted by molar-refractivity contribution is 5.76. The van der Waals surface area contributed by atoms with E-state index in [4.69, 9.17) is 4.74 Å². The minimum Gasteiger partial charge on any atom is -0.494 e. The molecule has 1 aliphatic heterocycles. The number of ether oxygens (including phenoxy) is 1. The molecule has 1 N–H and O–H groups in total. The first-order valence-electron chi connectivity index (χ1n) is 6.41. The standard InChI is InChI=1S/C14H20N2O2/c1-3-18-12-6-4-5-11(9-12)13-10-16(2)14(17)7-8-15-13/h4-6,9,13,15H,3,7-8,10H2,1-2H3. The van der Waals surface area contributed by atoms with Crippen molar-refractivity contribution in [2.24, 2.45) is 0 Å².